The Morgan fingerprint density at radius 1 is 1.00 bits per heavy atom. The first-order chi connectivity index (χ1) is 11.9. The molecule has 2 aromatic carbocycles. The Morgan fingerprint density at radius 2 is 1.60 bits per heavy atom. The quantitative estimate of drug-likeness (QED) is 0.758. The second-order valence-electron chi connectivity index (χ2n) is 4.86. The molecule has 0 bridgehead atoms. The van der Waals surface area contributed by atoms with Crippen molar-refractivity contribution in [1.29, 1.82) is 0 Å². The standard InChI is InChI=1S/C17H16BrNO6/c1-23-13-6-9(7-14(24-2)15(13)25-3)16(20)19-12-5-4-10(18)8-11(12)17(21)22/h4-8H,1-3H3,(H,19,20)(H,21,22). The third-order valence-electron chi connectivity index (χ3n) is 3.39. The number of ether oxygens (including phenoxy) is 3. The molecule has 0 fully saturated rings. The molecule has 2 N–H and O–H groups in total. The Hall–Kier alpha value is -2.74. The van der Waals surface area contributed by atoms with E-state index in [2.05, 4.69) is 21.2 Å². The number of amides is 1. The largest absolute Gasteiger partial charge is 0.493 e. The van der Waals surface area contributed by atoms with Crippen molar-refractivity contribution in [2.75, 3.05) is 26.6 Å². The predicted molar refractivity (Wildman–Crippen MR) is 95.2 cm³/mol. The molecule has 0 aliphatic heterocycles. The number of carbonyl (C=O) groups is 2. The van der Waals surface area contributed by atoms with Crippen LogP contribution < -0.4 is 19.5 Å². The Kier molecular flexibility index (Phi) is 5.87. The summed E-state index contributed by atoms with van der Waals surface area (Å²) in [6, 6.07) is 7.51. The van der Waals surface area contributed by atoms with Gasteiger partial charge in [-0.15, -0.1) is 0 Å². The van der Waals surface area contributed by atoms with Crippen LogP contribution in [0.1, 0.15) is 20.7 Å². The monoisotopic (exact) mass is 409 g/mol. The number of carboxylic acid groups (broad SMARTS) is 1. The molecule has 1 amide bonds. The number of rotatable bonds is 6. The van der Waals surface area contributed by atoms with Crippen molar-refractivity contribution < 1.29 is 28.9 Å². The lowest BCUT2D eigenvalue weighted by molar-refractivity contribution is 0.0698. The summed E-state index contributed by atoms with van der Waals surface area (Å²) in [6.45, 7) is 0. The maximum absolute atomic E-state index is 12.5. The normalized spacial score (nSPS) is 10.1. The van der Waals surface area contributed by atoms with E-state index in [4.69, 9.17) is 14.2 Å². The fourth-order valence-corrected chi connectivity index (χ4v) is 2.57. The van der Waals surface area contributed by atoms with Gasteiger partial charge < -0.3 is 24.6 Å². The zero-order chi connectivity index (χ0) is 18.6. The molecular weight excluding hydrogens is 394 g/mol. The van der Waals surface area contributed by atoms with E-state index in [1.54, 1.807) is 6.07 Å². The smallest absolute Gasteiger partial charge is 0.337 e. The van der Waals surface area contributed by atoms with Gasteiger partial charge in [0.25, 0.3) is 5.91 Å². The lowest BCUT2D eigenvalue weighted by Crippen LogP contribution is -2.15. The first kappa shape index (κ1) is 18.6. The second kappa shape index (κ2) is 7.89. The van der Waals surface area contributed by atoms with E-state index in [0.717, 1.165) is 0 Å². The molecule has 2 rings (SSSR count). The number of benzene rings is 2. The molecule has 0 aliphatic carbocycles. The zero-order valence-electron chi connectivity index (χ0n) is 13.8. The van der Waals surface area contributed by atoms with Crippen LogP contribution in [-0.4, -0.2) is 38.3 Å². The molecule has 0 spiro atoms. The van der Waals surface area contributed by atoms with Crippen molar-refractivity contribution in [3.05, 3.63) is 45.9 Å². The molecule has 0 radical (unpaired) electrons. The minimum atomic E-state index is -1.15. The van der Waals surface area contributed by atoms with Gasteiger partial charge in [-0.05, 0) is 30.3 Å². The molecule has 0 unspecified atom stereocenters. The molecule has 0 aliphatic rings. The second-order valence-corrected chi connectivity index (χ2v) is 5.78. The third-order valence-corrected chi connectivity index (χ3v) is 3.88. The lowest BCUT2D eigenvalue weighted by atomic mass is 10.1. The minimum Gasteiger partial charge on any atom is -0.493 e. The van der Waals surface area contributed by atoms with Crippen LogP contribution in [0.5, 0.6) is 17.2 Å². The molecule has 25 heavy (non-hydrogen) atoms. The maximum Gasteiger partial charge on any atom is 0.337 e. The Balaban J connectivity index is 2.41. The van der Waals surface area contributed by atoms with Crippen molar-refractivity contribution in [3.63, 3.8) is 0 Å². The Bertz CT molecular complexity index is 796. The summed E-state index contributed by atoms with van der Waals surface area (Å²) in [5, 5.41) is 11.9. The fraction of sp³-hybridized carbons (Fsp3) is 0.176. The molecule has 7 nitrogen and oxygen atoms in total. The van der Waals surface area contributed by atoms with E-state index in [1.807, 2.05) is 0 Å². The fourth-order valence-electron chi connectivity index (χ4n) is 2.21. The molecule has 132 valence electrons. The minimum absolute atomic E-state index is 0.0323. The van der Waals surface area contributed by atoms with Crippen LogP contribution in [0.4, 0.5) is 5.69 Å². The van der Waals surface area contributed by atoms with E-state index < -0.39 is 11.9 Å². The van der Waals surface area contributed by atoms with Crippen molar-refractivity contribution in [3.8, 4) is 17.2 Å². The summed E-state index contributed by atoms with van der Waals surface area (Å²) in [6.07, 6.45) is 0. The van der Waals surface area contributed by atoms with Crippen LogP contribution in [-0.2, 0) is 0 Å². The van der Waals surface area contributed by atoms with Crippen LogP contribution in [0, 0.1) is 0 Å². The molecule has 0 saturated carbocycles. The van der Waals surface area contributed by atoms with Crippen molar-refractivity contribution in [2.45, 2.75) is 0 Å². The van der Waals surface area contributed by atoms with Crippen molar-refractivity contribution >= 4 is 33.5 Å². The van der Waals surface area contributed by atoms with E-state index >= 15 is 0 Å². The van der Waals surface area contributed by atoms with Gasteiger partial charge in [-0.2, -0.15) is 0 Å². The van der Waals surface area contributed by atoms with E-state index in [0.29, 0.717) is 21.7 Å². The highest BCUT2D eigenvalue weighted by atomic mass is 79.9. The van der Waals surface area contributed by atoms with Gasteiger partial charge in [0.15, 0.2) is 11.5 Å². The van der Waals surface area contributed by atoms with Crippen molar-refractivity contribution in [1.82, 2.24) is 0 Å². The predicted octanol–water partition coefficient (Wildman–Crippen LogP) is 3.43. The molecular formula is C17H16BrNO6. The number of halogens is 1. The van der Waals surface area contributed by atoms with E-state index in [1.165, 1.54) is 45.6 Å². The van der Waals surface area contributed by atoms with Gasteiger partial charge in [0.05, 0.1) is 32.6 Å². The highest BCUT2D eigenvalue weighted by Crippen LogP contribution is 2.38. The number of methoxy groups -OCH3 is 3. The summed E-state index contributed by atoms with van der Waals surface area (Å²) < 4.78 is 16.2. The number of hydrogen-bond donors (Lipinski definition) is 2. The van der Waals surface area contributed by atoms with Crippen LogP contribution in [0.15, 0.2) is 34.8 Å². The average Bonchev–Trinajstić information content (AvgIpc) is 2.61. The van der Waals surface area contributed by atoms with Gasteiger partial charge in [-0.3, -0.25) is 4.79 Å². The Labute approximate surface area is 152 Å². The van der Waals surface area contributed by atoms with Crippen LogP contribution >= 0.6 is 15.9 Å². The van der Waals surface area contributed by atoms with Gasteiger partial charge in [-0.1, -0.05) is 15.9 Å². The van der Waals surface area contributed by atoms with Gasteiger partial charge in [0.1, 0.15) is 0 Å². The number of carbonyl (C=O) groups excluding carboxylic acids is 1. The molecule has 0 atom stereocenters. The molecule has 0 saturated heterocycles. The SMILES string of the molecule is COc1cc(C(=O)Nc2ccc(Br)cc2C(=O)O)cc(OC)c1OC. The van der Waals surface area contributed by atoms with Gasteiger partial charge >= 0.3 is 5.97 Å². The topological polar surface area (TPSA) is 94.1 Å². The zero-order valence-corrected chi connectivity index (χ0v) is 15.3. The van der Waals surface area contributed by atoms with E-state index in [-0.39, 0.29) is 16.8 Å². The number of hydrogen-bond acceptors (Lipinski definition) is 5. The summed E-state index contributed by atoms with van der Waals surface area (Å²) in [5.41, 5.74) is 0.373. The average molecular weight is 410 g/mol. The van der Waals surface area contributed by atoms with Gasteiger partial charge in [0, 0.05) is 10.0 Å². The first-order valence-corrected chi connectivity index (χ1v) is 7.84. The summed E-state index contributed by atoms with van der Waals surface area (Å²) in [4.78, 5) is 23.9. The van der Waals surface area contributed by atoms with E-state index in [9.17, 15) is 14.7 Å². The molecule has 0 heterocycles. The van der Waals surface area contributed by atoms with Gasteiger partial charge in [0.2, 0.25) is 5.75 Å². The summed E-state index contributed by atoms with van der Waals surface area (Å²) >= 11 is 3.21. The van der Waals surface area contributed by atoms with Crippen LogP contribution in [0.3, 0.4) is 0 Å². The van der Waals surface area contributed by atoms with Gasteiger partial charge in [-0.25, -0.2) is 4.79 Å². The Morgan fingerprint density at radius 3 is 2.08 bits per heavy atom. The molecule has 0 aromatic heterocycles. The third kappa shape index (κ3) is 4.03. The van der Waals surface area contributed by atoms with Crippen molar-refractivity contribution in [2.24, 2.45) is 0 Å². The molecule has 2 aromatic rings. The van der Waals surface area contributed by atoms with Crippen LogP contribution in [0.2, 0.25) is 0 Å². The van der Waals surface area contributed by atoms with Crippen LogP contribution in [0.25, 0.3) is 0 Å². The summed E-state index contributed by atoms with van der Waals surface area (Å²) in [5.74, 6) is -0.662. The maximum atomic E-state index is 12.5. The molecule has 8 heteroatoms. The lowest BCUT2D eigenvalue weighted by Gasteiger charge is -2.14. The first-order valence-electron chi connectivity index (χ1n) is 7.05. The number of carboxylic acids is 1. The highest BCUT2D eigenvalue weighted by molar-refractivity contribution is 9.10. The summed E-state index contributed by atoms with van der Waals surface area (Å²) in [7, 11) is 4.34. The number of aromatic carboxylic acids is 1. The number of nitrogens with one attached hydrogen (secondary N) is 1. The highest BCUT2D eigenvalue weighted by Gasteiger charge is 2.19. The number of anilines is 1.